The molecule has 0 heterocycles. The van der Waals surface area contributed by atoms with Crippen molar-refractivity contribution in [3.63, 3.8) is 0 Å². The van der Waals surface area contributed by atoms with Gasteiger partial charge in [0.1, 0.15) is 5.40 Å². The monoisotopic (exact) mass is 287 g/mol. The number of nitriles is 1. The quantitative estimate of drug-likeness (QED) is 0.476. The number of nitrogens with zero attached hydrogens (tertiary/aromatic N) is 1. The molecule has 0 amide bonds. The first-order chi connectivity index (χ1) is 7.15. The van der Waals surface area contributed by atoms with E-state index in [-0.39, 0.29) is 0 Å². The van der Waals surface area contributed by atoms with E-state index in [2.05, 4.69) is 20.7 Å². The molecule has 3 nitrogen and oxygen atoms in total. The molecule has 0 bridgehead atoms. The van der Waals surface area contributed by atoms with Crippen molar-refractivity contribution in [2.24, 2.45) is 0 Å². The van der Waals surface area contributed by atoms with E-state index in [9.17, 15) is 0 Å². The molecule has 1 aromatic carbocycles. The number of benzene rings is 1. The van der Waals surface area contributed by atoms with Gasteiger partial charge in [-0.1, -0.05) is 22.0 Å². The molecule has 0 aliphatic carbocycles. The summed E-state index contributed by atoms with van der Waals surface area (Å²) in [5.74, 6) is 0. The van der Waals surface area contributed by atoms with Crippen LogP contribution >= 0.6 is 27.7 Å². The van der Waals surface area contributed by atoms with E-state index >= 15 is 0 Å². The van der Waals surface area contributed by atoms with Crippen LogP contribution in [-0.2, 0) is 9.53 Å². The Kier molecular flexibility index (Phi) is 7.78. The molecule has 0 saturated carbocycles. The van der Waals surface area contributed by atoms with Crippen molar-refractivity contribution in [3.05, 3.63) is 28.2 Å². The van der Waals surface area contributed by atoms with E-state index in [1.807, 2.05) is 30.5 Å². The normalized spacial score (nSPS) is 8.13. The summed E-state index contributed by atoms with van der Waals surface area (Å²) in [4.78, 5) is 9.97. The molecule has 15 heavy (non-hydrogen) atoms. The SMILES string of the molecule is COC=O.Cc1ccc(Br)cc1SC#N. The number of aryl methyl sites for hydroxylation is 1. The maximum absolute atomic E-state index is 8.95. The van der Waals surface area contributed by atoms with Crippen LogP contribution in [0, 0.1) is 17.6 Å². The van der Waals surface area contributed by atoms with Crippen LogP contribution in [0.25, 0.3) is 0 Å². The lowest BCUT2D eigenvalue weighted by Gasteiger charge is -1.99. The topological polar surface area (TPSA) is 50.1 Å². The molecule has 0 atom stereocenters. The molecule has 0 fully saturated rings. The lowest BCUT2D eigenvalue weighted by atomic mass is 10.2. The van der Waals surface area contributed by atoms with E-state index in [0.29, 0.717) is 6.47 Å². The minimum atomic E-state index is 0.375. The zero-order valence-corrected chi connectivity index (χ0v) is 10.8. The average Bonchev–Trinajstić information content (AvgIpc) is 2.24. The lowest BCUT2D eigenvalue weighted by Crippen LogP contribution is -1.76. The Morgan fingerprint density at radius 3 is 2.67 bits per heavy atom. The Morgan fingerprint density at radius 2 is 2.20 bits per heavy atom. The van der Waals surface area contributed by atoms with Crippen molar-refractivity contribution in [3.8, 4) is 5.40 Å². The summed E-state index contributed by atoms with van der Waals surface area (Å²) in [6.45, 7) is 2.37. The number of hydrogen-bond acceptors (Lipinski definition) is 4. The Balaban J connectivity index is 0.000000423. The summed E-state index contributed by atoms with van der Waals surface area (Å²) in [5.41, 5.74) is 1.14. The van der Waals surface area contributed by atoms with Gasteiger partial charge in [-0.2, -0.15) is 5.26 Å². The third-order valence-electron chi connectivity index (χ3n) is 1.40. The second kappa shape index (κ2) is 8.33. The third kappa shape index (κ3) is 6.15. The first kappa shape index (κ1) is 14.0. The van der Waals surface area contributed by atoms with Gasteiger partial charge in [-0.05, 0) is 36.4 Å². The highest BCUT2D eigenvalue weighted by molar-refractivity contribution is 9.10. The van der Waals surface area contributed by atoms with Gasteiger partial charge in [0.15, 0.2) is 0 Å². The van der Waals surface area contributed by atoms with Gasteiger partial charge in [0.25, 0.3) is 6.47 Å². The van der Waals surface area contributed by atoms with Gasteiger partial charge in [-0.25, -0.2) is 0 Å². The Labute approximate surface area is 102 Å². The van der Waals surface area contributed by atoms with Crippen molar-refractivity contribution in [2.45, 2.75) is 11.8 Å². The number of carbonyl (C=O) groups excluding carboxylic acids is 1. The zero-order chi connectivity index (χ0) is 11.7. The van der Waals surface area contributed by atoms with Crippen molar-refractivity contribution in [1.29, 1.82) is 5.26 Å². The predicted octanol–water partition coefficient (Wildman–Crippen LogP) is 3.12. The number of rotatable bonds is 2. The Bertz CT molecular complexity index is 363. The molecule has 0 N–H and O–H groups in total. The summed E-state index contributed by atoms with van der Waals surface area (Å²) in [6, 6.07) is 5.91. The highest BCUT2D eigenvalue weighted by atomic mass is 79.9. The molecule has 0 aliphatic heterocycles. The van der Waals surface area contributed by atoms with Crippen LogP contribution in [0.4, 0.5) is 0 Å². The van der Waals surface area contributed by atoms with Gasteiger partial charge in [0, 0.05) is 9.37 Å². The molecule has 0 aromatic heterocycles. The first-order valence-corrected chi connectivity index (χ1v) is 5.55. The number of thiocyanates is 1. The number of carbonyl (C=O) groups is 1. The van der Waals surface area contributed by atoms with Gasteiger partial charge in [0.05, 0.1) is 7.11 Å². The summed E-state index contributed by atoms with van der Waals surface area (Å²) < 4.78 is 4.88. The zero-order valence-electron chi connectivity index (χ0n) is 8.36. The van der Waals surface area contributed by atoms with Crippen molar-refractivity contribution >= 4 is 34.2 Å². The predicted molar refractivity (Wildman–Crippen MR) is 63.4 cm³/mol. The number of halogens is 1. The van der Waals surface area contributed by atoms with Gasteiger partial charge >= 0.3 is 0 Å². The number of hydrogen-bond donors (Lipinski definition) is 0. The molecule has 0 unspecified atom stereocenters. The van der Waals surface area contributed by atoms with Crippen LogP contribution < -0.4 is 0 Å². The highest BCUT2D eigenvalue weighted by Gasteiger charge is 1.97. The third-order valence-corrected chi connectivity index (χ3v) is 2.65. The van der Waals surface area contributed by atoms with E-state index < -0.39 is 0 Å². The summed E-state index contributed by atoms with van der Waals surface area (Å²) >= 11 is 4.54. The number of thioether (sulfide) groups is 1. The lowest BCUT2D eigenvalue weighted by molar-refractivity contribution is -0.126. The van der Waals surface area contributed by atoms with Crippen molar-refractivity contribution in [2.75, 3.05) is 7.11 Å². The minimum Gasteiger partial charge on any atom is -0.471 e. The fraction of sp³-hybridized carbons (Fsp3) is 0.200. The van der Waals surface area contributed by atoms with Gasteiger partial charge in [0.2, 0.25) is 0 Å². The largest absolute Gasteiger partial charge is 0.471 e. The molecule has 1 rings (SSSR count). The summed E-state index contributed by atoms with van der Waals surface area (Å²) in [5, 5.41) is 10.5. The van der Waals surface area contributed by atoms with Gasteiger partial charge in [-0.3, -0.25) is 4.79 Å². The fourth-order valence-electron chi connectivity index (χ4n) is 0.733. The maximum Gasteiger partial charge on any atom is 0.292 e. The van der Waals surface area contributed by atoms with E-state index in [1.165, 1.54) is 18.9 Å². The molecular weight excluding hydrogens is 278 g/mol. The van der Waals surface area contributed by atoms with Crippen LogP contribution in [0.3, 0.4) is 0 Å². The molecule has 0 aliphatic rings. The molecule has 0 saturated heterocycles. The molecule has 0 spiro atoms. The van der Waals surface area contributed by atoms with Crippen LogP contribution in [0.1, 0.15) is 5.56 Å². The number of methoxy groups -OCH3 is 1. The molecule has 1 aromatic rings. The van der Waals surface area contributed by atoms with E-state index in [4.69, 9.17) is 10.1 Å². The van der Waals surface area contributed by atoms with Crippen LogP contribution in [-0.4, -0.2) is 13.6 Å². The van der Waals surface area contributed by atoms with Crippen LogP contribution in [0.15, 0.2) is 27.6 Å². The average molecular weight is 288 g/mol. The first-order valence-electron chi connectivity index (χ1n) is 3.94. The van der Waals surface area contributed by atoms with Crippen LogP contribution in [0.5, 0.6) is 0 Å². The standard InChI is InChI=1S/C8H6BrNS.C2H4O2/c1-6-2-3-7(9)4-8(6)11-5-10;1-4-2-3/h2-4H,1H3;2H,1H3. The van der Waals surface area contributed by atoms with Gasteiger partial charge in [-0.15, -0.1) is 0 Å². The second-order valence-corrected chi connectivity index (χ2v) is 4.18. The van der Waals surface area contributed by atoms with E-state index in [1.54, 1.807) is 0 Å². The molecular formula is C10H10BrNO2S. The Morgan fingerprint density at radius 1 is 1.60 bits per heavy atom. The molecule has 80 valence electrons. The van der Waals surface area contributed by atoms with Crippen molar-refractivity contribution in [1.82, 2.24) is 0 Å². The van der Waals surface area contributed by atoms with Crippen LogP contribution in [0.2, 0.25) is 0 Å². The summed E-state index contributed by atoms with van der Waals surface area (Å²) in [6.07, 6.45) is 0. The second-order valence-electron chi connectivity index (χ2n) is 2.44. The smallest absolute Gasteiger partial charge is 0.292 e. The summed E-state index contributed by atoms with van der Waals surface area (Å²) in [7, 11) is 1.31. The minimum absolute atomic E-state index is 0.375. The van der Waals surface area contributed by atoms with Crippen molar-refractivity contribution < 1.29 is 9.53 Å². The molecule has 5 heteroatoms. The highest BCUT2D eigenvalue weighted by Crippen LogP contribution is 2.24. The Hall–Kier alpha value is -0.990. The maximum atomic E-state index is 8.95. The fourth-order valence-corrected chi connectivity index (χ4v) is 1.76. The number of ether oxygens (including phenoxy) is 1. The van der Waals surface area contributed by atoms with Gasteiger partial charge < -0.3 is 4.74 Å². The van der Waals surface area contributed by atoms with E-state index in [0.717, 1.165) is 14.9 Å². The molecule has 0 radical (unpaired) electrons.